The average molecular weight is 512 g/mol. The minimum atomic E-state index is -0.389. The van der Waals surface area contributed by atoms with E-state index in [2.05, 4.69) is 19.9 Å². The number of ether oxygens (including phenoxy) is 3. The highest BCUT2D eigenvalue weighted by molar-refractivity contribution is 6.12. The van der Waals surface area contributed by atoms with Gasteiger partial charge < -0.3 is 29.8 Å². The highest BCUT2D eigenvalue weighted by Gasteiger charge is 2.19. The van der Waals surface area contributed by atoms with Crippen molar-refractivity contribution in [3.8, 4) is 17.2 Å². The molecule has 0 unspecified atom stereocenters. The van der Waals surface area contributed by atoms with Crippen molar-refractivity contribution in [2.75, 3.05) is 33.6 Å². The van der Waals surface area contributed by atoms with Gasteiger partial charge in [-0.1, -0.05) is 36.4 Å². The maximum Gasteiger partial charge on any atom is 0.289 e. The van der Waals surface area contributed by atoms with E-state index in [1.807, 2.05) is 66.7 Å². The molecule has 0 atom stereocenters. The van der Waals surface area contributed by atoms with Crippen LogP contribution in [-0.4, -0.2) is 48.3 Å². The predicted octanol–water partition coefficient (Wildman–Crippen LogP) is 4.21. The van der Waals surface area contributed by atoms with E-state index >= 15 is 0 Å². The molecule has 2 aromatic heterocycles. The van der Waals surface area contributed by atoms with E-state index in [0.717, 1.165) is 33.2 Å². The van der Waals surface area contributed by atoms with Crippen LogP contribution in [0.4, 0.5) is 5.82 Å². The molecule has 0 spiro atoms. The van der Waals surface area contributed by atoms with Crippen molar-refractivity contribution in [2.45, 2.75) is 13.0 Å². The van der Waals surface area contributed by atoms with Crippen LogP contribution in [0.5, 0.6) is 17.2 Å². The Labute approximate surface area is 220 Å². The number of methoxy groups -OCH3 is 3. The summed E-state index contributed by atoms with van der Waals surface area (Å²) in [4.78, 5) is 22.1. The van der Waals surface area contributed by atoms with Crippen molar-refractivity contribution in [2.24, 2.45) is 0 Å². The van der Waals surface area contributed by atoms with Crippen LogP contribution in [0.2, 0.25) is 0 Å². The SMILES string of the molecule is COc1ccc(Cn2c3ccccc3c3c(N)nc(C(=O)NCCc4ccc(OC)c(OC)c4)nc32)cc1. The lowest BCUT2D eigenvalue weighted by Crippen LogP contribution is -2.28. The van der Waals surface area contributed by atoms with Crippen molar-refractivity contribution >= 4 is 33.7 Å². The van der Waals surface area contributed by atoms with Crippen LogP contribution >= 0.6 is 0 Å². The van der Waals surface area contributed by atoms with Gasteiger partial charge in [0.2, 0.25) is 5.82 Å². The second kappa shape index (κ2) is 10.7. The van der Waals surface area contributed by atoms with Gasteiger partial charge >= 0.3 is 0 Å². The number of para-hydroxylation sites is 1. The van der Waals surface area contributed by atoms with Gasteiger partial charge in [0, 0.05) is 18.5 Å². The van der Waals surface area contributed by atoms with E-state index in [9.17, 15) is 4.79 Å². The number of anilines is 1. The molecule has 0 fully saturated rings. The Balaban J connectivity index is 1.42. The van der Waals surface area contributed by atoms with Crippen LogP contribution in [0.25, 0.3) is 21.9 Å². The molecular formula is C29H29N5O4. The summed E-state index contributed by atoms with van der Waals surface area (Å²) >= 11 is 0. The third-order valence-electron chi connectivity index (χ3n) is 6.49. The number of carbonyl (C=O) groups is 1. The Morgan fingerprint density at radius 3 is 2.37 bits per heavy atom. The number of aromatic nitrogens is 3. The van der Waals surface area contributed by atoms with Crippen molar-refractivity contribution in [1.82, 2.24) is 19.9 Å². The number of amides is 1. The summed E-state index contributed by atoms with van der Waals surface area (Å²) in [6, 6.07) is 21.5. The number of nitrogens with two attached hydrogens (primary N) is 1. The van der Waals surface area contributed by atoms with Crippen molar-refractivity contribution < 1.29 is 19.0 Å². The van der Waals surface area contributed by atoms with Crippen LogP contribution < -0.4 is 25.3 Å². The molecule has 0 aliphatic rings. The van der Waals surface area contributed by atoms with E-state index in [0.29, 0.717) is 36.7 Å². The van der Waals surface area contributed by atoms with Crippen LogP contribution in [0.3, 0.4) is 0 Å². The molecule has 9 nitrogen and oxygen atoms in total. The van der Waals surface area contributed by atoms with Gasteiger partial charge in [0.15, 0.2) is 11.5 Å². The Morgan fingerprint density at radius 1 is 0.895 bits per heavy atom. The summed E-state index contributed by atoms with van der Waals surface area (Å²) in [7, 11) is 4.83. The average Bonchev–Trinajstić information content (AvgIpc) is 3.27. The number of hydrogen-bond acceptors (Lipinski definition) is 7. The molecular weight excluding hydrogens is 482 g/mol. The molecule has 38 heavy (non-hydrogen) atoms. The molecule has 9 heteroatoms. The number of nitrogen functional groups attached to an aromatic ring is 1. The van der Waals surface area contributed by atoms with Crippen molar-refractivity contribution in [1.29, 1.82) is 0 Å². The number of hydrogen-bond donors (Lipinski definition) is 2. The Morgan fingerprint density at radius 2 is 1.63 bits per heavy atom. The topological polar surface area (TPSA) is 114 Å². The van der Waals surface area contributed by atoms with Gasteiger partial charge in [-0.15, -0.1) is 0 Å². The highest BCUT2D eigenvalue weighted by Crippen LogP contribution is 2.32. The van der Waals surface area contributed by atoms with E-state index in [-0.39, 0.29) is 17.5 Å². The zero-order valence-electron chi connectivity index (χ0n) is 21.5. The first-order chi connectivity index (χ1) is 18.5. The van der Waals surface area contributed by atoms with Gasteiger partial charge in [-0.3, -0.25) is 4.79 Å². The fourth-order valence-corrected chi connectivity index (χ4v) is 4.56. The van der Waals surface area contributed by atoms with Crippen molar-refractivity contribution in [3.63, 3.8) is 0 Å². The van der Waals surface area contributed by atoms with Gasteiger partial charge in [-0.2, -0.15) is 0 Å². The van der Waals surface area contributed by atoms with Crippen LogP contribution in [-0.2, 0) is 13.0 Å². The van der Waals surface area contributed by atoms with Gasteiger partial charge in [-0.05, 0) is 47.9 Å². The van der Waals surface area contributed by atoms with E-state index in [1.165, 1.54) is 0 Å². The number of nitrogens with one attached hydrogen (secondary N) is 1. The number of nitrogens with zero attached hydrogens (tertiary/aromatic N) is 3. The largest absolute Gasteiger partial charge is 0.497 e. The monoisotopic (exact) mass is 511 g/mol. The fourth-order valence-electron chi connectivity index (χ4n) is 4.56. The molecule has 0 radical (unpaired) electrons. The number of carbonyl (C=O) groups excluding carboxylic acids is 1. The lowest BCUT2D eigenvalue weighted by atomic mass is 10.1. The molecule has 2 heterocycles. The third-order valence-corrected chi connectivity index (χ3v) is 6.49. The summed E-state index contributed by atoms with van der Waals surface area (Å²) < 4.78 is 18.0. The minimum Gasteiger partial charge on any atom is -0.497 e. The standard InChI is InChI=1S/C29H29N5O4/c1-36-20-11-8-19(9-12-20)17-34-22-7-5-4-6-21(22)25-26(30)32-27(33-28(25)34)29(35)31-15-14-18-10-13-23(37-2)24(16-18)38-3/h4-13,16H,14-15,17H2,1-3H3,(H,31,35)(H2,30,32,33). The molecule has 0 saturated carbocycles. The predicted molar refractivity (Wildman–Crippen MR) is 147 cm³/mol. The first-order valence-corrected chi connectivity index (χ1v) is 12.2. The van der Waals surface area contributed by atoms with Crippen LogP contribution in [0.1, 0.15) is 21.7 Å². The summed E-state index contributed by atoms with van der Waals surface area (Å²) in [6.45, 7) is 0.940. The maximum absolute atomic E-state index is 13.1. The number of benzene rings is 3. The second-order valence-corrected chi connectivity index (χ2v) is 8.78. The first kappa shape index (κ1) is 24.9. The molecule has 0 aliphatic heterocycles. The molecule has 3 aromatic carbocycles. The highest BCUT2D eigenvalue weighted by atomic mass is 16.5. The van der Waals surface area contributed by atoms with Gasteiger partial charge in [-0.25, -0.2) is 9.97 Å². The fraction of sp³-hybridized carbons (Fsp3) is 0.207. The van der Waals surface area contributed by atoms with E-state index in [1.54, 1.807) is 21.3 Å². The quantitative estimate of drug-likeness (QED) is 0.305. The minimum absolute atomic E-state index is 0.0288. The second-order valence-electron chi connectivity index (χ2n) is 8.78. The molecule has 5 aromatic rings. The molecule has 3 N–H and O–H groups in total. The Kier molecular flexibility index (Phi) is 6.99. The number of fused-ring (bicyclic) bond motifs is 3. The smallest absolute Gasteiger partial charge is 0.289 e. The van der Waals surface area contributed by atoms with Crippen LogP contribution in [0.15, 0.2) is 66.7 Å². The van der Waals surface area contributed by atoms with Gasteiger partial charge in [0.05, 0.1) is 32.2 Å². The Hall–Kier alpha value is -4.79. The summed E-state index contributed by atoms with van der Waals surface area (Å²) in [5.41, 5.74) is 10.0. The molecule has 5 rings (SSSR count). The van der Waals surface area contributed by atoms with Crippen LogP contribution in [0, 0.1) is 0 Å². The summed E-state index contributed by atoms with van der Waals surface area (Å²) in [6.07, 6.45) is 0.599. The molecule has 194 valence electrons. The lowest BCUT2D eigenvalue weighted by Gasteiger charge is -2.11. The molecule has 0 saturated heterocycles. The first-order valence-electron chi connectivity index (χ1n) is 12.2. The van der Waals surface area contributed by atoms with Gasteiger partial charge in [0.1, 0.15) is 17.2 Å². The zero-order chi connectivity index (χ0) is 26.6. The van der Waals surface area contributed by atoms with Crippen molar-refractivity contribution in [3.05, 3.63) is 83.7 Å². The molecule has 0 aliphatic carbocycles. The summed E-state index contributed by atoms with van der Waals surface area (Å²) in [5.74, 6) is 1.99. The lowest BCUT2D eigenvalue weighted by molar-refractivity contribution is 0.0944. The Bertz CT molecular complexity index is 1610. The molecule has 1 amide bonds. The zero-order valence-corrected chi connectivity index (χ0v) is 21.5. The number of rotatable bonds is 9. The summed E-state index contributed by atoms with van der Waals surface area (Å²) in [5, 5.41) is 4.58. The van der Waals surface area contributed by atoms with E-state index < -0.39 is 0 Å². The molecule has 0 bridgehead atoms. The normalized spacial score (nSPS) is 11.0. The third kappa shape index (κ3) is 4.78. The van der Waals surface area contributed by atoms with Gasteiger partial charge in [0.25, 0.3) is 5.91 Å². The van der Waals surface area contributed by atoms with E-state index in [4.69, 9.17) is 19.9 Å². The maximum atomic E-state index is 13.1.